The number of carbonyl (C=O) groups is 1. The second-order valence-corrected chi connectivity index (χ2v) is 3.39. The summed E-state index contributed by atoms with van der Waals surface area (Å²) in [5.41, 5.74) is 0.916. The molecule has 0 bridgehead atoms. The first kappa shape index (κ1) is 10.5. The van der Waals surface area contributed by atoms with Gasteiger partial charge in [0.1, 0.15) is 12.1 Å². The number of carbonyl (C=O) groups excluding carboxylic acids is 1. The van der Waals surface area contributed by atoms with E-state index in [9.17, 15) is 9.18 Å². The Bertz CT molecular complexity index is 484. The summed E-state index contributed by atoms with van der Waals surface area (Å²) < 4.78 is 13.5. The number of aromatic nitrogens is 1. The largest absolute Gasteiger partial charge is 0.302 e. The van der Waals surface area contributed by atoms with Crippen LogP contribution in [0.5, 0.6) is 0 Å². The molecule has 3 heteroatoms. The molecule has 0 N–H and O–H groups in total. The molecule has 0 radical (unpaired) electrons. The minimum absolute atomic E-state index is 0.358. The molecule has 1 heterocycles. The Morgan fingerprint density at radius 1 is 1.12 bits per heavy atom. The van der Waals surface area contributed by atoms with Crippen LogP contribution in [0.3, 0.4) is 0 Å². The second kappa shape index (κ2) is 4.66. The fraction of sp³-hybridized carbons (Fsp3) is 0.0769. The highest BCUT2D eigenvalue weighted by atomic mass is 19.1. The minimum Gasteiger partial charge on any atom is -0.302 e. The quantitative estimate of drug-likeness (QED) is 0.736. The molecule has 1 atom stereocenters. The third-order valence-corrected chi connectivity index (χ3v) is 2.38. The van der Waals surface area contributed by atoms with E-state index in [1.165, 1.54) is 6.07 Å². The number of hydrogen-bond donors (Lipinski definition) is 0. The molecule has 0 saturated carbocycles. The maximum Gasteiger partial charge on any atom is 0.133 e. The van der Waals surface area contributed by atoms with Crippen molar-refractivity contribution in [2.24, 2.45) is 0 Å². The van der Waals surface area contributed by atoms with E-state index in [-0.39, 0.29) is 5.82 Å². The lowest BCUT2D eigenvalue weighted by atomic mass is 9.96. The van der Waals surface area contributed by atoms with Crippen molar-refractivity contribution < 1.29 is 9.18 Å². The molecule has 80 valence electrons. The summed E-state index contributed by atoms with van der Waals surface area (Å²) >= 11 is 0. The molecular formula is C13H10FNO. The van der Waals surface area contributed by atoms with Gasteiger partial charge >= 0.3 is 0 Å². The normalized spacial score (nSPS) is 12.1. The van der Waals surface area contributed by atoms with Crippen LogP contribution < -0.4 is 0 Å². The molecule has 0 aliphatic heterocycles. The SMILES string of the molecule is O=CC(c1ccccn1)c1ccccc1F. The molecule has 0 amide bonds. The molecule has 2 aromatic rings. The van der Waals surface area contributed by atoms with Crippen LogP contribution >= 0.6 is 0 Å². The van der Waals surface area contributed by atoms with Crippen LogP contribution in [-0.2, 0) is 4.79 Å². The van der Waals surface area contributed by atoms with Crippen LogP contribution in [0.15, 0.2) is 48.7 Å². The van der Waals surface area contributed by atoms with Crippen LogP contribution in [0.1, 0.15) is 17.2 Å². The predicted octanol–water partition coefficient (Wildman–Crippen LogP) is 2.55. The standard InChI is InChI=1S/C13H10FNO/c14-12-6-2-1-5-10(12)11(9-16)13-7-3-4-8-15-13/h1-9,11H. The molecule has 0 spiro atoms. The van der Waals surface area contributed by atoms with Gasteiger partial charge in [-0.15, -0.1) is 0 Å². The molecule has 16 heavy (non-hydrogen) atoms. The third kappa shape index (κ3) is 1.98. The van der Waals surface area contributed by atoms with Crippen LogP contribution in [0.25, 0.3) is 0 Å². The summed E-state index contributed by atoms with van der Waals surface area (Å²) in [6, 6.07) is 11.5. The fourth-order valence-electron chi connectivity index (χ4n) is 1.59. The molecule has 1 aromatic heterocycles. The Balaban J connectivity index is 2.45. The molecule has 1 aromatic carbocycles. The number of nitrogens with zero attached hydrogens (tertiary/aromatic N) is 1. The van der Waals surface area contributed by atoms with Crippen LogP contribution in [0, 0.1) is 5.82 Å². The van der Waals surface area contributed by atoms with Gasteiger partial charge in [0.25, 0.3) is 0 Å². The summed E-state index contributed by atoms with van der Waals surface area (Å²) in [4.78, 5) is 15.1. The van der Waals surface area contributed by atoms with Crippen molar-refractivity contribution in [3.63, 3.8) is 0 Å². The van der Waals surface area contributed by atoms with E-state index in [1.807, 2.05) is 0 Å². The molecule has 2 nitrogen and oxygen atoms in total. The van der Waals surface area contributed by atoms with Crippen molar-refractivity contribution in [1.82, 2.24) is 4.98 Å². The maximum absolute atomic E-state index is 13.5. The lowest BCUT2D eigenvalue weighted by Gasteiger charge is -2.10. The van der Waals surface area contributed by atoms with Gasteiger partial charge in [0, 0.05) is 11.8 Å². The zero-order chi connectivity index (χ0) is 11.4. The molecular weight excluding hydrogens is 205 g/mol. The Hall–Kier alpha value is -2.03. The van der Waals surface area contributed by atoms with Gasteiger partial charge < -0.3 is 4.79 Å². The van der Waals surface area contributed by atoms with Crippen molar-refractivity contribution in [3.8, 4) is 0 Å². The van der Waals surface area contributed by atoms with Gasteiger partial charge in [0.05, 0.1) is 11.6 Å². The van der Waals surface area contributed by atoms with Crippen LogP contribution in [-0.4, -0.2) is 11.3 Å². The molecule has 0 saturated heterocycles. The topological polar surface area (TPSA) is 30.0 Å². The van der Waals surface area contributed by atoms with Gasteiger partial charge in [-0.3, -0.25) is 4.98 Å². The number of pyridine rings is 1. The Kier molecular flexibility index (Phi) is 3.05. The summed E-state index contributed by atoms with van der Waals surface area (Å²) in [6.45, 7) is 0. The summed E-state index contributed by atoms with van der Waals surface area (Å²) in [7, 11) is 0. The number of hydrogen-bond acceptors (Lipinski definition) is 2. The minimum atomic E-state index is -0.637. The zero-order valence-electron chi connectivity index (χ0n) is 8.51. The first-order valence-corrected chi connectivity index (χ1v) is 4.93. The van der Waals surface area contributed by atoms with E-state index in [0.717, 1.165) is 0 Å². The van der Waals surface area contributed by atoms with E-state index >= 15 is 0 Å². The highest BCUT2D eigenvalue weighted by Gasteiger charge is 2.17. The third-order valence-electron chi connectivity index (χ3n) is 2.38. The van der Waals surface area contributed by atoms with Gasteiger partial charge in [0.15, 0.2) is 0 Å². The van der Waals surface area contributed by atoms with Gasteiger partial charge in [-0.05, 0) is 18.2 Å². The molecule has 0 aliphatic carbocycles. The first-order chi connectivity index (χ1) is 7.83. The van der Waals surface area contributed by atoms with Crippen molar-refractivity contribution in [2.45, 2.75) is 5.92 Å². The Labute approximate surface area is 92.8 Å². The van der Waals surface area contributed by atoms with Crippen molar-refractivity contribution >= 4 is 6.29 Å². The lowest BCUT2D eigenvalue weighted by molar-refractivity contribution is -0.108. The van der Waals surface area contributed by atoms with E-state index in [2.05, 4.69) is 4.98 Å². The molecule has 0 fully saturated rings. The fourth-order valence-corrected chi connectivity index (χ4v) is 1.59. The van der Waals surface area contributed by atoms with E-state index in [4.69, 9.17) is 0 Å². The molecule has 2 rings (SSSR count). The number of halogens is 1. The molecule has 1 unspecified atom stereocenters. The van der Waals surface area contributed by atoms with E-state index < -0.39 is 5.92 Å². The van der Waals surface area contributed by atoms with Crippen LogP contribution in [0.2, 0.25) is 0 Å². The summed E-state index contributed by atoms with van der Waals surface area (Å²) in [6.07, 6.45) is 2.30. The van der Waals surface area contributed by atoms with E-state index in [0.29, 0.717) is 17.5 Å². The number of rotatable bonds is 3. The highest BCUT2D eigenvalue weighted by Crippen LogP contribution is 2.22. The molecule has 0 aliphatic rings. The second-order valence-electron chi connectivity index (χ2n) is 3.39. The Morgan fingerprint density at radius 3 is 2.50 bits per heavy atom. The monoisotopic (exact) mass is 215 g/mol. The van der Waals surface area contributed by atoms with Crippen molar-refractivity contribution in [2.75, 3.05) is 0 Å². The van der Waals surface area contributed by atoms with Gasteiger partial charge in [0.2, 0.25) is 0 Å². The van der Waals surface area contributed by atoms with E-state index in [1.54, 1.807) is 42.6 Å². The summed E-state index contributed by atoms with van der Waals surface area (Å²) in [5.74, 6) is -1.02. The zero-order valence-corrected chi connectivity index (χ0v) is 8.51. The lowest BCUT2D eigenvalue weighted by Crippen LogP contribution is -2.06. The summed E-state index contributed by atoms with van der Waals surface area (Å²) in [5, 5.41) is 0. The average Bonchev–Trinajstić information content (AvgIpc) is 2.34. The maximum atomic E-state index is 13.5. The highest BCUT2D eigenvalue weighted by molar-refractivity contribution is 5.67. The van der Waals surface area contributed by atoms with Gasteiger partial charge in [-0.1, -0.05) is 24.3 Å². The van der Waals surface area contributed by atoms with Crippen LogP contribution in [0.4, 0.5) is 4.39 Å². The number of benzene rings is 1. The smallest absolute Gasteiger partial charge is 0.133 e. The number of aldehydes is 1. The first-order valence-electron chi connectivity index (χ1n) is 4.93. The Morgan fingerprint density at radius 2 is 1.88 bits per heavy atom. The van der Waals surface area contributed by atoms with Crippen molar-refractivity contribution in [1.29, 1.82) is 0 Å². The predicted molar refractivity (Wildman–Crippen MR) is 58.5 cm³/mol. The van der Waals surface area contributed by atoms with Gasteiger partial charge in [-0.2, -0.15) is 0 Å². The van der Waals surface area contributed by atoms with Gasteiger partial charge in [-0.25, -0.2) is 4.39 Å². The van der Waals surface area contributed by atoms with Crippen molar-refractivity contribution in [3.05, 3.63) is 65.7 Å². The average molecular weight is 215 g/mol.